The Hall–Kier alpha value is -1.34. The van der Waals surface area contributed by atoms with Crippen molar-refractivity contribution in [3.63, 3.8) is 0 Å². The number of benzene rings is 1. The van der Waals surface area contributed by atoms with Gasteiger partial charge in [-0.25, -0.2) is 4.39 Å². The fraction of sp³-hybridized carbons (Fsp3) is 0.300. The Kier molecular flexibility index (Phi) is 4.92. The van der Waals surface area contributed by atoms with Crippen LogP contribution >= 0.6 is 23.4 Å². The molecule has 1 aromatic rings. The summed E-state index contributed by atoms with van der Waals surface area (Å²) in [5.74, 6) is -1.99. The van der Waals surface area contributed by atoms with Crippen LogP contribution in [-0.2, 0) is 4.79 Å². The average molecular weight is 294 g/mol. The number of carboxylic acid groups (broad SMARTS) is 1. The van der Waals surface area contributed by atoms with E-state index in [1.807, 2.05) is 0 Å². The third-order valence-corrected chi connectivity index (χ3v) is 3.80. The van der Waals surface area contributed by atoms with Crippen molar-refractivity contribution >= 4 is 35.0 Å². The van der Waals surface area contributed by atoms with Crippen molar-refractivity contribution in [1.29, 1.82) is 0 Å². The fourth-order valence-corrected chi connectivity index (χ4v) is 2.46. The van der Waals surface area contributed by atoms with Crippen LogP contribution < -0.4 is 0 Å². The van der Waals surface area contributed by atoms with Crippen LogP contribution in [0.3, 0.4) is 0 Å². The molecular weight excluding hydrogens is 285 g/mol. The zero-order valence-corrected chi connectivity index (χ0v) is 10.8. The van der Waals surface area contributed by atoms with E-state index in [-0.39, 0.29) is 16.3 Å². The number of nitrogens with zero attached hydrogens (tertiary/aromatic N) is 1. The van der Waals surface area contributed by atoms with Crippen molar-refractivity contribution in [2.24, 2.45) is 0 Å². The van der Waals surface area contributed by atoms with Gasteiger partial charge in [0, 0.05) is 0 Å². The van der Waals surface area contributed by atoms with Crippen molar-refractivity contribution in [3.05, 3.63) is 33.1 Å². The van der Waals surface area contributed by atoms with Crippen LogP contribution in [-0.4, -0.2) is 21.2 Å². The lowest BCUT2D eigenvalue weighted by molar-refractivity contribution is -0.387. The summed E-state index contributed by atoms with van der Waals surface area (Å²) in [6.45, 7) is 1.64. The molecule has 0 radical (unpaired) electrons. The monoisotopic (exact) mass is 293 g/mol. The molecular formula is C10H9ClFNO4S. The number of carboxylic acids is 1. The number of hydrogen-bond acceptors (Lipinski definition) is 4. The third-order valence-electron chi connectivity index (χ3n) is 2.11. The van der Waals surface area contributed by atoms with Crippen molar-refractivity contribution in [1.82, 2.24) is 0 Å². The minimum Gasteiger partial charge on any atom is -0.480 e. The van der Waals surface area contributed by atoms with Crippen molar-refractivity contribution in [3.8, 4) is 0 Å². The number of halogens is 2. The van der Waals surface area contributed by atoms with E-state index in [9.17, 15) is 19.3 Å². The summed E-state index contributed by atoms with van der Waals surface area (Å²) in [6, 6.07) is 1.77. The number of hydrogen-bond donors (Lipinski definition) is 1. The van der Waals surface area contributed by atoms with E-state index in [1.165, 1.54) is 0 Å². The maximum absolute atomic E-state index is 13.1. The summed E-state index contributed by atoms with van der Waals surface area (Å²) >= 11 is 6.32. The molecule has 98 valence electrons. The molecule has 0 saturated carbocycles. The highest BCUT2D eigenvalue weighted by Gasteiger charge is 2.24. The summed E-state index contributed by atoms with van der Waals surface area (Å²) in [4.78, 5) is 20.9. The van der Waals surface area contributed by atoms with Gasteiger partial charge >= 0.3 is 5.97 Å². The number of aliphatic carboxylic acids is 1. The largest absolute Gasteiger partial charge is 0.480 e. The van der Waals surface area contributed by atoms with Gasteiger partial charge in [-0.3, -0.25) is 14.9 Å². The van der Waals surface area contributed by atoms with Gasteiger partial charge in [0.2, 0.25) is 0 Å². The fourth-order valence-electron chi connectivity index (χ4n) is 1.22. The predicted molar refractivity (Wildman–Crippen MR) is 65.6 cm³/mol. The first-order chi connectivity index (χ1) is 8.36. The molecule has 0 aliphatic rings. The van der Waals surface area contributed by atoms with Crippen molar-refractivity contribution in [2.75, 3.05) is 0 Å². The SMILES string of the molecule is CCC(Sc1cc(Cl)c(F)cc1[N+](=O)[O-])C(=O)O. The summed E-state index contributed by atoms with van der Waals surface area (Å²) in [5, 5.41) is 18.5. The Balaban J connectivity index is 3.18. The average Bonchev–Trinajstić information content (AvgIpc) is 2.29. The lowest BCUT2D eigenvalue weighted by Crippen LogP contribution is -2.15. The van der Waals surface area contributed by atoms with Gasteiger partial charge in [0.25, 0.3) is 5.69 Å². The van der Waals surface area contributed by atoms with Crippen LogP contribution in [0.15, 0.2) is 17.0 Å². The standard InChI is InChI=1S/C10H9ClFNO4S/c1-2-8(10(14)15)18-9-3-5(11)6(12)4-7(9)13(16)17/h3-4,8H,2H2,1H3,(H,14,15). The summed E-state index contributed by atoms with van der Waals surface area (Å²) in [7, 11) is 0. The highest BCUT2D eigenvalue weighted by Crippen LogP contribution is 2.36. The minimum atomic E-state index is -1.09. The van der Waals surface area contributed by atoms with Crippen LogP contribution in [0.25, 0.3) is 0 Å². The van der Waals surface area contributed by atoms with E-state index < -0.39 is 27.6 Å². The second-order valence-electron chi connectivity index (χ2n) is 3.34. The molecule has 0 bridgehead atoms. The lowest BCUT2D eigenvalue weighted by atomic mass is 10.3. The molecule has 1 rings (SSSR count). The first-order valence-electron chi connectivity index (χ1n) is 4.89. The Labute approximate surface area is 111 Å². The highest BCUT2D eigenvalue weighted by molar-refractivity contribution is 8.00. The van der Waals surface area contributed by atoms with E-state index >= 15 is 0 Å². The van der Waals surface area contributed by atoms with Gasteiger partial charge in [-0.15, -0.1) is 11.8 Å². The van der Waals surface area contributed by atoms with Gasteiger partial charge in [0.05, 0.1) is 20.9 Å². The Morgan fingerprint density at radius 1 is 1.67 bits per heavy atom. The maximum Gasteiger partial charge on any atom is 0.316 e. The van der Waals surface area contributed by atoms with E-state index in [0.29, 0.717) is 6.07 Å². The molecule has 0 spiro atoms. The zero-order chi connectivity index (χ0) is 13.9. The van der Waals surface area contributed by atoms with Gasteiger partial charge in [0.15, 0.2) is 0 Å². The molecule has 0 saturated heterocycles. The van der Waals surface area contributed by atoms with Crippen LogP contribution in [0.4, 0.5) is 10.1 Å². The van der Waals surface area contributed by atoms with Crippen LogP contribution in [0.2, 0.25) is 5.02 Å². The predicted octanol–water partition coefficient (Wildman–Crippen LogP) is 3.34. The normalized spacial score (nSPS) is 12.2. The van der Waals surface area contributed by atoms with Gasteiger partial charge in [-0.1, -0.05) is 18.5 Å². The maximum atomic E-state index is 13.1. The smallest absolute Gasteiger partial charge is 0.316 e. The van der Waals surface area contributed by atoms with Gasteiger partial charge in [-0.2, -0.15) is 0 Å². The van der Waals surface area contributed by atoms with E-state index in [4.69, 9.17) is 16.7 Å². The van der Waals surface area contributed by atoms with Gasteiger partial charge in [-0.05, 0) is 12.5 Å². The molecule has 0 fully saturated rings. The molecule has 0 aromatic heterocycles. The Morgan fingerprint density at radius 2 is 2.28 bits per heavy atom. The summed E-state index contributed by atoms with van der Waals surface area (Å²) in [5.41, 5.74) is -0.485. The first kappa shape index (κ1) is 14.7. The molecule has 1 atom stereocenters. The molecule has 1 unspecified atom stereocenters. The highest BCUT2D eigenvalue weighted by atomic mass is 35.5. The second kappa shape index (κ2) is 6.01. The first-order valence-corrected chi connectivity index (χ1v) is 6.15. The summed E-state index contributed by atoms with van der Waals surface area (Å²) < 4.78 is 13.1. The number of nitro benzene ring substituents is 1. The van der Waals surface area contributed by atoms with Gasteiger partial charge < -0.3 is 5.11 Å². The van der Waals surface area contributed by atoms with Crippen LogP contribution in [0.1, 0.15) is 13.3 Å². The number of rotatable bonds is 5. The van der Waals surface area contributed by atoms with Gasteiger partial charge in [0.1, 0.15) is 11.1 Å². The van der Waals surface area contributed by atoms with Crippen molar-refractivity contribution in [2.45, 2.75) is 23.5 Å². The second-order valence-corrected chi connectivity index (χ2v) is 5.00. The molecule has 5 nitrogen and oxygen atoms in total. The Morgan fingerprint density at radius 3 is 2.72 bits per heavy atom. The Bertz CT molecular complexity index is 497. The zero-order valence-electron chi connectivity index (χ0n) is 9.22. The number of carbonyl (C=O) groups is 1. The van der Waals surface area contributed by atoms with E-state index in [1.54, 1.807) is 6.92 Å². The molecule has 0 aliphatic heterocycles. The van der Waals surface area contributed by atoms with Crippen molar-refractivity contribution < 1.29 is 19.2 Å². The molecule has 0 aliphatic carbocycles. The van der Waals surface area contributed by atoms with Crippen LogP contribution in [0.5, 0.6) is 0 Å². The van der Waals surface area contributed by atoms with E-state index in [0.717, 1.165) is 17.8 Å². The van der Waals surface area contributed by atoms with E-state index in [2.05, 4.69) is 0 Å². The number of thioether (sulfide) groups is 1. The molecule has 0 amide bonds. The molecule has 1 N–H and O–H groups in total. The lowest BCUT2D eigenvalue weighted by Gasteiger charge is -2.10. The third kappa shape index (κ3) is 3.33. The molecule has 0 heterocycles. The van der Waals surface area contributed by atoms with Crippen LogP contribution in [0, 0.1) is 15.9 Å². The minimum absolute atomic E-state index is 0.0423. The topological polar surface area (TPSA) is 80.4 Å². The molecule has 8 heteroatoms. The number of nitro groups is 1. The quantitative estimate of drug-likeness (QED) is 0.511. The molecule has 18 heavy (non-hydrogen) atoms. The molecule has 1 aromatic carbocycles. The summed E-state index contributed by atoms with van der Waals surface area (Å²) in [6.07, 6.45) is 0.284.